The van der Waals surface area contributed by atoms with Crippen molar-refractivity contribution in [3.63, 3.8) is 0 Å². The number of nitrogens with zero attached hydrogens (tertiary/aromatic N) is 1. The highest BCUT2D eigenvalue weighted by Crippen LogP contribution is 2.32. The summed E-state index contributed by atoms with van der Waals surface area (Å²) in [6.45, 7) is 8.08. The molecule has 1 unspecified atom stereocenters. The van der Waals surface area contributed by atoms with Crippen molar-refractivity contribution >= 4 is 5.91 Å². The molecule has 0 radical (unpaired) electrons. The zero-order chi connectivity index (χ0) is 9.19. The van der Waals surface area contributed by atoms with E-state index in [0.717, 1.165) is 13.1 Å². The minimum Gasteiger partial charge on any atom is -0.342 e. The summed E-state index contributed by atoms with van der Waals surface area (Å²) in [5, 5.41) is 0. The largest absolute Gasteiger partial charge is 0.342 e. The standard InChI is InChI=1S/C10H19NO/c1-4-10(3)6-5-7-11(8-10)9(2)12/h4-8H2,1-3H3. The van der Waals surface area contributed by atoms with Gasteiger partial charge in [-0.3, -0.25) is 4.79 Å². The molecule has 1 amide bonds. The van der Waals surface area contributed by atoms with E-state index in [1.54, 1.807) is 6.92 Å². The van der Waals surface area contributed by atoms with Crippen molar-refractivity contribution in [1.82, 2.24) is 4.90 Å². The van der Waals surface area contributed by atoms with Crippen LogP contribution in [0.1, 0.15) is 40.0 Å². The third kappa shape index (κ3) is 1.99. The summed E-state index contributed by atoms with van der Waals surface area (Å²) in [5.74, 6) is 0.231. The molecule has 70 valence electrons. The first-order valence-electron chi connectivity index (χ1n) is 4.83. The molecule has 0 aromatic rings. The summed E-state index contributed by atoms with van der Waals surface area (Å²) in [6.07, 6.45) is 3.62. The van der Waals surface area contributed by atoms with Crippen LogP contribution in [0.25, 0.3) is 0 Å². The number of piperidine rings is 1. The number of likely N-dealkylation sites (tertiary alicyclic amines) is 1. The van der Waals surface area contributed by atoms with E-state index >= 15 is 0 Å². The third-order valence-corrected chi connectivity index (χ3v) is 3.08. The Morgan fingerprint density at radius 1 is 1.58 bits per heavy atom. The summed E-state index contributed by atoms with van der Waals surface area (Å²) in [6, 6.07) is 0. The molecule has 1 aliphatic heterocycles. The van der Waals surface area contributed by atoms with Crippen LogP contribution in [0, 0.1) is 5.41 Å². The van der Waals surface area contributed by atoms with Crippen LogP contribution in [0.4, 0.5) is 0 Å². The van der Waals surface area contributed by atoms with Crippen molar-refractivity contribution in [3.8, 4) is 0 Å². The maximum Gasteiger partial charge on any atom is 0.219 e. The molecule has 1 heterocycles. The van der Waals surface area contributed by atoms with Crippen molar-refractivity contribution < 1.29 is 4.79 Å². The molecule has 0 spiro atoms. The van der Waals surface area contributed by atoms with Gasteiger partial charge in [-0.1, -0.05) is 13.8 Å². The van der Waals surface area contributed by atoms with Crippen LogP contribution in [0.5, 0.6) is 0 Å². The van der Waals surface area contributed by atoms with Gasteiger partial charge >= 0.3 is 0 Å². The van der Waals surface area contributed by atoms with Gasteiger partial charge in [0, 0.05) is 20.0 Å². The fourth-order valence-corrected chi connectivity index (χ4v) is 1.87. The van der Waals surface area contributed by atoms with Gasteiger partial charge in [-0.05, 0) is 24.7 Å². The highest BCUT2D eigenvalue weighted by Gasteiger charge is 2.29. The molecule has 0 aromatic heterocycles. The Morgan fingerprint density at radius 3 is 2.75 bits per heavy atom. The minimum absolute atomic E-state index is 0.231. The molecule has 12 heavy (non-hydrogen) atoms. The van der Waals surface area contributed by atoms with Crippen molar-refractivity contribution in [2.24, 2.45) is 5.41 Å². The molecule has 1 fully saturated rings. The van der Waals surface area contributed by atoms with Crippen LogP contribution in [-0.4, -0.2) is 23.9 Å². The summed E-state index contributed by atoms with van der Waals surface area (Å²) in [4.78, 5) is 13.1. The Bertz CT molecular complexity index is 179. The molecule has 1 atom stereocenters. The number of hydrogen-bond acceptors (Lipinski definition) is 1. The summed E-state index contributed by atoms with van der Waals surface area (Å²) in [5.41, 5.74) is 0.379. The summed E-state index contributed by atoms with van der Waals surface area (Å²) >= 11 is 0. The van der Waals surface area contributed by atoms with Crippen molar-refractivity contribution in [1.29, 1.82) is 0 Å². The molecule has 0 aliphatic carbocycles. The van der Waals surface area contributed by atoms with Crippen LogP contribution >= 0.6 is 0 Å². The molecule has 0 aromatic carbocycles. The van der Waals surface area contributed by atoms with E-state index in [0.29, 0.717) is 5.41 Å². The topological polar surface area (TPSA) is 20.3 Å². The number of amides is 1. The van der Waals surface area contributed by atoms with E-state index in [2.05, 4.69) is 13.8 Å². The lowest BCUT2D eigenvalue weighted by Crippen LogP contribution is -2.43. The van der Waals surface area contributed by atoms with E-state index in [-0.39, 0.29) is 5.91 Å². The lowest BCUT2D eigenvalue weighted by molar-refractivity contribution is -0.132. The Hall–Kier alpha value is -0.530. The SMILES string of the molecule is CCC1(C)CCCN(C(C)=O)C1. The normalized spacial score (nSPS) is 30.4. The van der Waals surface area contributed by atoms with E-state index in [4.69, 9.17) is 0 Å². The quantitative estimate of drug-likeness (QED) is 0.588. The monoisotopic (exact) mass is 169 g/mol. The van der Waals surface area contributed by atoms with E-state index in [1.165, 1.54) is 19.3 Å². The van der Waals surface area contributed by atoms with E-state index in [1.807, 2.05) is 4.90 Å². The van der Waals surface area contributed by atoms with Gasteiger partial charge in [0.15, 0.2) is 0 Å². The molecular weight excluding hydrogens is 150 g/mol. The molecule has 0 bridgehead atoms. The first kappa shape index (κ1) is 9.56. The number of carbonyl (C=O) groups excluding carboxylic acids is 1. The molecule has 2 heteroatoms. The second kappa shape index (κ2) is 3.46. The predicted molar refractivity (Wildman–Crippen MR) is 49.9 cm³/mol. The second-order valence-corrected chi connectivity index (χ2v) is 4.21. The van der Waals surface area contributed by atoms with Crippen LogP contribution in [0.2, 0.25) is 0 Å². The van der Waals surface area contributed by atoms with Crippen molar-refractivity contribution in [2.75, 3.05) is 13.1 Å². The number of carbonyl (C=O) groups is 1. The predicted octanol–water partition coefficient (Wildman–Crippen LogP) is 2.04. The van der Waals surface area contributed by atoms with Gasteiger partial charge in [-0.25, -0.2) is 0 Å². The zero-order valence-corrected chi connectivity index (χ0v) is 8.39. The Morgan fingerprint density at radius 2 is 2.25 bits per heavy atom. The highest BCUT2D eigenvalue weighted by atomic mass is 16.2. The van der Waals surface area contributed by atoms with Crippen LogP contribution in [0.15, 0.2) is 0 Å². The summed E-state index contributed by atoms with van der Waals surface area (Å²) in [7, 11) is 0. The lowest BCUT2D eigenvalue weighted by atomic mass is 9.80. The smallest absolute Gasteiger partial charge is 0.219 e. The molecule has 1 saturated heterocycles. The van der Waals surface area contributed by atoms with Gasteiger partial charge in [0.1, 0.15) is 0 Å². The van der Waals surface area contributed by atoms with Gasteiger partial charge in [-0.2, -0.15) is 0 Å². The second-order valence-electron chi connectivity index (χ2n) is 4.21. The van der Waals surface area contributed by atoms with Crippen LogP contribution in [-0.2, 0) is 4.79 Å². The van der Waals surface area contributed by atoms with E-state index in [9.17, 15) is 4.79 Å². The molecule has 2 nitrogen and oxygen atoms in total. The first-order valence-corrected chi connectivity index (χ1v) is 4.83. The van der Waals surface area contributed by atoms with Gasteiger partial charge < -0.3 is 4.90 Å². The molecular formula is C10H19NO. The molecule has 0 N–H and O–H groups in total. The van der Waals surface area contributed by atoms with Crippen LogP contribution in [0.3, 0.4) is 0 Å². The fraction of sp³-hybridized carbons (Fsp3) is 0.900. The molecule has 1 aliphatic rings. The Balaban J connectivity index is 2.57. The molecule has 1 rings (SSSR count). The average molecular weight is 169 g/mol. The maximum absolute atomic E-state index is 11.1. The maximum atomic E-state index is 11.1. The van der Waals surface area contributed by atoms with Gasteiger partial charge in [0.25, 0.3) is 0 Å². The van der Waals surface area contributed by atoms with Crippen molar-refractivity contribution in [3.05, 3.63) is 0 Å². The first-order chi connectivity index (χ1) is 5.57. The minimum atomic E-state index is 0.231. The number of rotatable bonds is 1. The highest BCUT2D eigenvalue weighted by molar-refractivity contribution is 5.73. The summed E-state index contributed by atoms with van der Waals surface area (Å²) < 4.78 is 0. The third-order valence-electron chi connectivity index (χ3n) is 3.08. The van der Waals surface area contributed by atoms with E-state index < -0.39 is 0 Å². The van der Waals surface area contributed by atoms with Gasteiger partial charge in [-0.15, -0.1) is 0 Å². The Labute approximate surface area is 74.9 Å². The van der Waals surface area contributed by atoms with Crippen molar-refractivity contribution in [2.45, 2.75) is 40.0 Å². The van der Waals surface area contributed by atoms with Crippen LogP contribution < -0.4 is 0 Å². The zero-order valence-electron chi connectivity index (χ0n) is 8.39. The number of hydrogen-bond donors (Lipinski definition) is 0. The lowest BCUT2D eigenvalue weighted by Gasteiger charge is -2.39. The van der Waals surface area contributed by atoms with Gasteiger partial charge in [0.2, 0.25) is 5.91 Å². The Kier molecular flexibility index (Phi) is 2.76. The van der Waals surface area contributed by atoms with Gasteiger partial charge in [0.05, 0.1) is 0 Å². The fourth-order valence-electron chi connectivity index (χ4n) is 1.87. The average Bonchev–Trinajstić information content (AvgIpc) is 2.05. The molecule has 0 saturated carbocycles.